The van der Waals surface area contributed by atoms with E-state index in [0.29, 0.717) is 12.2 Å². The van der Waals surface area contributed by atoms with Crippen molar-refractivity contribution in [3.8, 4) is 0 Å². The number of Topliss-reactive ketones (excluding diaryl/α,β-unsaturated/α-hetero) is 1. The maximum absolute atomic E-state index is 11.6. The molecule has 0 saturated heterocycles. The minimum atomic E-state index is 0.153. The Bertz CT molecular complexity index is 339. The lowest BCUT2D eigenvalue weighted by Gasteiger charge is -2.16. The fraction of sp³-hybridized carbons (Fsp3) is 0.636. The van der Waals surface area contributed by atoms with Crippen molar-refractivity contribution in [1.29, 1.82) is 0 Å². The number of thioether (sulfide) groups is 1. The van der Waals surface area contributed by atoms with Crippen LogP contribution in [0.25, 0.3) is 0 Å². The fourth-order valence-corrected chi connectivity index (χ4v) is 1.80. The van der Waals surface area contributed by atoms with Crippen molar-refractivity contribution in [3.63, 3.8) is 0 Å². The number of carbonyl (C=O) groups excluding carboxylic acids is 1. The first kappa shape index (κ1) is 12.3. The summed E-state index contributed by atoms with van der Waals surface area (Å²) in [4.78, 5) is 11.6. The van der Waals surface area contributed by atoms with E-state index in [1.807, 2.05) is 19.3 Å². The van der Waals surface area contributed by atoms with E-state index in [-0.39, 0.29) is 10.5 Å². The summed E-state index contributed by atoms with van der Waals surface area (Å²) in [6.07, 6.45) is 2.31. The normalized spacial score (nSPS) is 11.7. The van der Waals surface area contributed by atoms with E-state index in [0.717, 1.165) is 5.69 Å². The highest BCUT2D eigenvalue weighted by atomic mass is 32.2. The van der Waals surface area contributed by atoms with Crippen molar-refractivity contribution in [1.82, 2.24) is 9.78 Å². The van der Waals surface area contributed by atoms with Crippen molar-refractivity contribution in [2.75, 3.05) is 5.75 Å². The molecule has 0 radical (unpaired) electrons. The van der Waals surface area contributed by atoms with Crippen LogP contribution in [0.15, 0.2) is 12.3 Å². The van der Waals surface area contributed by atoms with Gasteiger partial charge in [0.05, 0.1) is 17.9 Å². The van der Waals surface area contributed by atoms with Crippen LogP contribution in [0.3, 0.4) is 0 Å². The van der Waals surface area contributed by atoms with Crippen LogP contribution >= 0.6 is 11.8 Å². The third-order valence-electron chi connectivity index (χ3n) is 1.81. The summed E-state index contributed by atoms with van der Waals surface area (Å²) in [5, 5.41) is 4.18. The van der Waals surface area contributed by atoms with Crippen molar-refractivity contribution >= 4 is 17.5 Å². The van der Waals surface area contributed by atoms with Gasteiger partial charge in [-0.05, 0) is 6.07 Å². The average Bonchev–Trinajstić information content (AvgIpc) is 2.47. The molecule has 0 bridgehead atoms. The smallest absolute Gasteiger partial charge is 0.148 e. The third-order valence-corrected chi connectivity index (χ3v) is 3.15. The number of ketones is 1. The minimum Gasteiger partial charge on any atom is -0.298 e. The van der Waals surface area contributed by atoms with Gasteiger partial charge in [-0.25, -0.2) is 0 Å². The van der Waals surface area contributed by atoms with Gasteiger partial charge in [0, 0.05) is 18.0 Å². The summed E-state index contributed by atoms with van der Waals surface area (Å²) in [5.41, 5.74) is 0.858. The summed E-state index contributed by atoms with van der Waals surface area (Å²) in [6, 6.07) is 1.89. The molecule has 0 aliphatic rings. The molecule has 1 aromatic heterocycles. The van der Waals surface area contributed by atoms with E-state index in [9.17, 15) is 4.79 Å². The maximum atomic E-state index is 11.6. The van der Waals surface area contributed by atoms with Gasteiger partial charge in [0.2, 0.25) is 0 Å². The van der Waals surface area contributed by atoms with Gasteiger partial charge in [0.15, 0.2) is 0 Å². The van der Waals surface area contributed by atoms with Crippen molar-refractivity contribution in [2.45, 2.75) is 31.9 Å². The highest BCUT2D eigenvalue weighted by molar-refractivity contribution is 8.01. The number of hydrogen-bond acceptors (Lipinski definition) is 3. The third kappa shape index (κ3) is 5.02. The van der Waals surface area contributed by atoms with Crippen molar-refractivity contribution < 1.29 is 4.79 Å². The topological polar surface area (TPSA) is 34.9 Å². The monoisotopic (exact) mass is 226 g/mol. The molecule has 0 amide bonds. The summed E-state index contributed by atoms with van der Waals surface area (Å²) < 4.78 is 1.87. The molecule has 0 aliphatic carbocycles. The lowest BCUT2D eigenvalue weighted by molar-refractivity contribution is -0.116. The van der Waals surface area contributed by atoms with Crippen molar-refractivity contribution in [2.24, 2.45) is 7.05 Å². The Hall–Kier alpha value is -0.770. The Morgan fingerprint density at radius 1 is 1.53 bits per heavy atom. The summed E-state index contributed by atoms with van der Waals surface area (Å²) >= 11 is 1.68. The average molecular weight is 226 g/mol. The van der Waals surface area contributed by atoms with Crippen LogP contribution in [0.5, 0.6) is 0 Å². The van der Waals surface area contributed by atoms with Crippen LogP contribution in [-0.4, -0.2) is 26.1 Å². The number of aromatic nitrogens is 2. The SMILES string of the molecule is Cn1ccc(CC(=O)CSC(C)(C)C)n1. The molecule has 4 heteroatoms. The van der Waals surface area contributed by atoms with Gasteiger partial charge >= 0.3 is 0 Å². The van der Waals surface area contributed by atoms with E-state index in [1.165, 1.54) is 0 Å². The highest BCUT2D eigenvalue weighted by Gasteiger charge is 2.14. The molecular weight excluding hydrogens is 208 g/mol. The number of aryl methyl sites for hydroxylation is 1. The second kappa shape index (κ2) is 4.84. The standard InChI is InChI=1S/C11H18N2OS/c1-11(2,3)15-8-10(14)7-9-5-6-13(4)12-9/h5-6H,7-8H2,1-4H3. The molecule has 15 heavy (non-hydrogen) atoms. The Morgan fingerprint density at radius 2 is 2.20 bits per heavy atom. The second-order valence-electron chi connectivity index (χ2n) is 4.60. The Labute approximate surface area is 95.2 Å². The molecule has 0 fully saturated rings. The zero-order valence-corrected chi connectivity index (χ0v) is 10.6. The van der Waals surface area contributed by atoms with Gasteiger partial charge in [-0.1, -0.05) is 20.8 Å². The second-order valence-corrected chi connectivity index (χ2v) is 6.40. The largest absolute Gasteiger partial charge is 0.298 e. The zero-order chi connectivity index (χ0) is 11.5. The first-order chi connectivity index (χ1) is 6.87. The Kier molecular flexibility index (Phi) is 3.97. The van der Waals surface area contributed by atoms with E-state index in [2.05, 4.69) is 25.9 Å². The number of carbonyl (C=O) groups is 1. The lowest BCUT2D eigenvalue weighted by atomic mass is 10.2. The van der Waals surface area contributed by atoms with Crippen LogP contribution in [0.1, 0.15) is 26.5 Å². The van der Waals surface area contributed by atoms with E-state index in [1.54, 1.807) is 16.4 Å². The Balaban J connectivity index is 2.37. The van der Waals surface area contributed by atoms with Crippen LogP contribution in [0.4, 0.5) is 0 Å². The predicted octanol–water partition coefficient (Wildman–Crippen LogP) is 2.06. The molecule has 0 N–H and O–H groups in total. The highest BCUT2D eigenvalue weighted by Crippen LogP contribution is 2.23. The number of hydrogen-bond donors (Lipinski definition) is 0. The van der Waals surface area contributed by atoms with Crippen LogP contribution < -0.4 is 0 Å². The van der Waals surface area contributed by atoms with E-state index < -0.39 is 0 Å². The van der Waals surface area contributed by atoms with Gasteiger partial charge in [0.25, 0.3) is 0 Å². The maximum Gasteiger partial charge on any atom is 0.148 e. The van der Waals surface area contributed by atoms with Gasteiger partial charge in [-0.15, -0.1) is 11.8 Å². The molecule has 0 aromatic carbocycles. The molecule has 0 aliphatic heterocycles. The van der Waals surface area contributed by atoms with Gasteiger partial charge in [0.1, 0.15) is 5.78 Å². The molecule has 1 rings (SSSR count). The van der Waals surface area contributed by atoms with Gasteiger partial charge in [-0.2, -0.15) is 5.10 Å². The van der Waals surface area contributed by atoms with Crippen LogP contribution in [-0.2, 0) is 18.3 Å². The molecule has 84 valence electrons. The molecule has 0 atom stereocenters. The molecule has 0 spiro atoms. The zero-order valence-electron chi connectivity index (χ0n) is 9.78. The lowest BCUT2D eigenvalue weighted by Crippen LogP contribution is -2.14. The fourth-order valence-electron chi connectivity index (χ4n) is 1.11. The quantitative estimate of drug-likeness (QED) is 0.788. The van der Waals surface area contributed by atoms with Crippen LogP contribution in [0, 0.1) is 0 Å². The number of rotatable bonds is 4. The first-order valence-electron chi connectivity index (χ1n) is 5.01. The first-order valence-corrected chi connectivity index (χ1v) is 5.99. The predicted molar refractivity (Wildman–Crippen MR) is 64.1 cm³/mol. The van der Waals surface area contributed by atoms with E-state index >= 15 is 0 Å². The minimum absolute atomic E-state index is 0.153. The summed E-state index contributed by atoms with van der Waals surface area (Å²) in [6.45, 7) is 6.35. The van der Waals surface area contributed by atoms with E-state index in [4.69, 9.17) is 0 Å². The summed E-state index contributed by atoms with van der Waals surface area (Å²) in [5.74, 6) is 0.814. The summed E-state index contributed by atoms with van der Waals surface area (Å²) in [7, 11) is 1.86. The van der Waals surface area contributed by atoms with Gasteiger partial charge in [-0.3, -0.25) is 9.48 Å². The van der Waals surface area contributed by atoms with Crippen molar-refractivity contribution in [3.05, 3.63) is 18.0 Å². The molecule has 0 saturated carbocycles. The molecule has 3 nitrogen and oxygen atoms in total. The molecular formula is C11H18N2OS. The molecule has 1 heterocycles. The Morgan fingerprint density at radius 3 is 2.67 bits per heavy atom. The molecule has 0 unspecified atom stereocenters. The molecule has 1 aromatic rings. The van der Waals surface area contributed by atoms with Crippen LogP contribution in [0.2, 0.25) is 0 Å². The van der Waals surface area contributed by atoms with Gasteiger partial charge < -0.3 is 0 Å². The number of nitrogens with zero attached hydrogens (tertiary/aromatic N) is 2.